The van der Waals surface area contributed by atoms with Gasteiger partial charge in [0.25, 0.3) is 0 Å². The smallest absolute Gasteiger partial charge is 0.324 e. The van der Waals surface area contributed by atoms with E-state index < -0.39 is 88.7 Å². The maximum Gasteiger partial charge on any atom is 0.324 e. The Morgan fingerprint density at radius 3 is 2.44 bits per heavy atom. The monoisotopic (exact) mass is 862 g/mol. The van der Waals surface area contributed by atoms with Gasteiger partial charge < -0.3 is 33.7 Å². The number of rotatable bonds is 9. The predicted octanol–water partition coefficient (Wildman–Crippen LogP) is 4.72. The van der Waals surface area contributed by atoms with Crippen LogP contribution in [0.1, 0.15) is 79.5 Å². The molecule has 0 radical (unpaired) electrons. The Hall–Kier alpha value is -3.88. The lowest BCUT2D eigenvalue weighted by molar-refractivity contribution is -0.296. The van der Waals surface area contributed by atoms with E-state index in [2.05, 4.69) is 28.4 Å². The number of aliphatic hydroxyl groups excluding tert-OH is 1. The van der Waals surface area contributed by atoms with Crippen molar-refractivity contribution in [2.45, 2.75) is 129 Å². The van der Waals surface area contributed by atoms with Crippen LogP contribution in [-0.4, -0.2) is 136 Å². The van der Waals surface area contributed by atoms with Crippen LogP contribution in [0.15, 0.2) is 43.2 Å². The summed E-state index contributed by atoms with van der Waals surface area (Å²) >= 11 is 1.43. The first kappa shape index (κ1) is 46.6. The molecule has 14 atom stereocenters. The molecule has 15 heteroatoms. The van der Waals surface area contributed by atoms with Crippen LogP contribution < -0.4 is 0 Å². The fraction of sp³-hybridized carbons (Fsp3) is 0.652. The van der Waals surface area contributed by atoms with Crippen LogP contribution >= 0.6 is 11.3 Å². The third kappa shape index (κ3) is 9.00. The van der Waals surface area contributed by atoms with Crippen molar-refractivity contribution in [3.63, 3.8) is 0 Å². The predicted molar refractivity (Wildman–Crippen MR) is 228 cm³/mol. The lowest BCUT2D eigenvalue weighted by Crippen LogP contribution is -2.60. The molecular formula is C46H62N4O10S. The molecule has 0 saturated carbocycles. The molecule has 4 fully saturated rings. The standard InChI is InChI=1S/C46H62N4O10S/c1-12-21-50-25-44(7)37-34(50)42(55)60-46(37,9)33(13-2)58-41(54)29(6)35(51)28(5)39(59-43-36(52)31(49(10)11)23-27(4)57-43)45(8,24-26(3)38(44)53)56-22-14-16-30-17-18-32(61-30)40-47-19-15-20-48-40/h12,15,17-20,26-29,31,33-34,36-37,39,43,52H,1,13,21-25H2,2-11H3/t26-,27-,28+,29-,31+,33-,34?,36-,37?,39-,43+,44?,45+,46-/m1/s1. The van der Waals surface area contributed by atoms with E-state index in [1.807, 2.05) is 63.7 Å². The molecule has 0 aliphatic carbocycles. The average molecular weight is 863 g/mol. The lowest BCUT2D eigenvalue weighted by atomic mass is 9.62. The zero-order valence-corrected chi connectivity index (χ0v) is 37.9. The van der Waals surface area contributed by atoms with Gasteiger partial charge in [0.1, 0.15) is 36.6 Å². The minimum absolute atomic E-state index is 0.0513. The summed E-state index contributed by atoms with van der Waals surface area (Å²) in [6.07, 6.45) is 1.20. The van der Waals surface area contributed by atoms with Gasteiger partial charge in [0.15, 0.2) is 23.5 Å². The van der Waals surface area contributed by atoms with Crippen molar-refractivity contribution in [3.05, 3.63) is 48.1 Å². The number of likely N-dealkylation sites (N-methyl/N-ethyl adjacent to an activating group) is 1. The number of hydrogen-bond acceptors (Lipinski definition) is 15. The van der Waals surface area contributed by atoms with Crippen LogP contribution in [0.5, 0.6) is 0 Å². The van der Waals surface area contributed by atoms with Crippen molar-refractivity contribution >= 4 is 34.8 Å². The molecular weight excluding hydrogens is 801 g/mol. The Balaban J connectivity index is 1.44. The van der Waals surface area contributed by atoms with E-state index >= 15 is 4.79 Å². The number of ketones is 2. The van der Waals surface area contributed by atoms with Crippen LogP contribution in [0.25, 0.3) is 10.7 Å². The molecule has 6 rings (SSSR count). The number of Topliss-reactive ketones (excluding diaryl/α,β-unsaturated/α-hetero) is 2. The third-order valence-corrected chi connectivity index (χ3v) is 14.4. The Morgan fingerprint density at radius 2 is 1.79 bits per heavy atom. The van der Waals surface area contributed by atoms with Crippen molar-refractivity contribution in [1.29, 1.82) is 0 Å². The highest BCUT2D eigenvalue weighted by atomic mass is 32.1. The van der Waals surface area contributed by atoms with Gasteiger partial charge in [0.05, 0.1) is 27.6 Å². The summed E-state index contributed by atoms with van der Waals surface area (Å²) in [6, 6.07) is 4.41. The Morgan fingerprint density at radius 1 is 1.08 bits per heavy atom. The van der Waals surface area contributed by atoms with Crippen molar-refractivity contribution in [2.24, 2.45) is 29.1 Å². The molecule has 14 nitrogen and oxygen atoms in total. The maximum absolute atomic E-state index is 15.3. The topological polar surface area (TPSA) is 167 Å². The van der Waals surface area contributed by atoms with E-state index in [9.17, 15) is 19.5 Å². The highest BCUT2D eigenvalue weighted by Crippen LogP contribution is 2.56. The van der Waals surface area contributed by atoms with Crippen LogP contribution in [0.4, 0.5) is 0 Å². The quantitative estimate of drug-likeness (QED) is 0.159. The minimum Gasteiger partial charge on any atom is -0.458 e. The minimum atomic E-state index is -1.44. The summed E-state index contributed by atoms with van der Waals surface area (Å²) in [5.41, 5.74) is -3.97. The second-order valence-electron chi connectivity index (χ2n) is 18.1. The van der Waals surface area contributed by atoms with Gasteiger partial charge >= 0.3 is 11.9 Å². The van der Waals surface area contributed by atoms with Gasteiger partial charge in [-0.3, -0.25) is 24.1 Å². The first-order chi connectivity index (χ1) is 28.8. The molecule has 0 bridgehead atoms. The number of hydrogen-bond donors (Lipinski definition) is 1. The van der Waals surface area contributed by atoms with E-state index in [1.54, 1.807) is 45.3 Å². The molecule has 4 aliphatic rings. The summed E-state index contributed by atoms with van der Waals surface area (Å²) in [5, 5.41) is 11.7. The number of carbonyl (C=O) groups excluding carboxylic acids is 4. The highest BCUT2D eigenvalue weighted by Gasteiger charge is 2.71. The summed E-state index contributed by atoms with van der Waals surface area (Å²) in [7, 11) is 3.74. The zero-order valence-electron chi connectivity index (χ0n) is 37.1. The van der Waals surface area contributed by atoms with Crippen molar-refractivity contribution < 1.29 is 48.0 Å². The van der Waals surface area contributed by atoms with E-state index in [1.165, 1.54) is 18.3 Å². The molecule has 3 unspecified atom stereocenters. The molecule has 0 amide bonds. The van der Waals surface area contributed by atoms with Crippen LogP contribution in [0.2, 0.25) is 0 Å². The summed E-state index contributed by atoms with van der Waals surface area (Å²) in [5.74, 6) is 1.22. The van der Waals surface area contributed by atoms with Crippen molar-refractivity contribution in [1.82, 2.24) is 19.8 Å². The highest BCUT2D eigenvalue weighted by molar-refractivity contribution is 7.15. The zero-order chi connectivity index (χ0) is 44.6. The Labute approximate surface area is 363 Å². The molecule has 4 aliphatic heterocycles. The van der Waals surface area contributed by atoms with Gasteiger partial charge in [-0.25, -0.2) is 9.97 Å². The van der Waals surface area contributed by atoms with Crippen LogP contribution in [0.3, 0.4) is 0 Å². The number of esters is 2. The number of carbonyl (C=O) groups is 4. The van der Waals surface area contributed by atoms with E-state index in [4.69, 9.17) is 23.7 Å². The number of aliphatic hydroxyl groups is 1. The molecule has 6 heterocycles. The molecule has 2 aromatic heterocycles. The van der Waals surface area contributed by atoms with Crippen molar-refractivity contribution in [2.75, 3.05) is 33.8 Å². The molecule has 61 heavy (non-hydrogen) atoms. The number of aromatic nitrogens is 2. The van der Waals surface area contributed by atoms with Crippen LogP contribution in [-0.2, 0) is 42.9 Å². The second-order valence-corrected chi connectivity index (χ2v) is 19.2. The molecule has 332 valence electrons. The number of nitrogens with zero attached hydrogens (tertiary/aromatic N) is 4. The van der Waals surface area contributed by atoms with E-state index in [-0.39, 0.29) is 43.9 Å². The number of ether oxygens (including phenoxy) is 5. The van der Waals surface area contributed by atoms with E-state index in [0.717, 1.165) is 9.75 Å². The van der Waals surface area contributed by atoms with Gasteiger partial charge in [-0.2, -0.15) is 0 Å². The molecule has 2 aromatic rings. The van der Waals surface area contributed by atoms with Crippen molar-refractivity contribution in [3.8, 4) is 22.5 Å². The van der Waals surface area contributed by atoms with Gasteiger partial charge in [-0.05, 0) is 79.3 Å². The lowest BCUT2D eigenvalue weighted by Gasteiger charge is -2.48. The van der Waals surface area contributed by atoms with Crippen LogP contribution in [0, 0.1) is 40.9 Å². The van der Waals surface area contributed by atoms with Gasteiger partial charge in [-0.1, -0.05) is 45.6 Å². The van der Waals surface area contributed by atoms with E-state index in [0.29, 0.717) is 18.8 Å². The Bertz CT molecular complexity index is 2020. The summed E-state index contributed by atoms with van der Waals surface area (Å²) in [6.45, 7) is 18.4. The number of likely N-dealkylation sites (tertiary alicyclic amines) is 1. The van der Waals surface area contributed by atoms with Gasteiger partial charge in [0, 0.05) is 54.7 Å². The van der Waals surface area contributed by atoms with Gasteiger partial charge in [-0.15, -0.1) is 17.9 Å². The molecule has 4 saturated heterocycles. The normalized spacial score (nSPS) is 38.6. The molecule has 0 spiro atoms. The SMILES string of the molecule is C=CCN1CC2(C)C(=O)[C@H](C)C[C@](C)(OCC#Cc3ccc(-c4ncccn4)s3)[C@H](O[C@@H]3O[C@H](C)C[C@H](N(C)C)[C@H]3O)[C@@H](C)C(=O)[C@@H](C)C(=O)O[C@H](CC)[C@@]3(C)OC(=O)C1C23. The second kappa shape index (κ2) is 18.5. The Kier molecular flexibility index (Phi) is 14.1. The largest absolute Gasteiger partial charge is 0.458 e. The molecule has 1 N–H and O–H groups in total. The number of thiophene rings is 1. The average Bonchev–Trinajstić information content (AvgIpc) is 3.91. The molecule has 0 aromatic carbocycles. The first-order valence-corrected chi connectivity index (χ1v) is 22.1. The fourth-order valence-corrected chi connectivity index (χ4v) is 11.3. The third-order valence-electron chi connectivity index (χ3n) is 13.4. The number of cyclic esters (lactones) is 1. The summed E-state index contributed by atoms with van der Waals surface area (Å²) < 4.78 is 32.2. The maximum atomic E-state index is 15.3. The van der Waals surface area contributed by atoms with Gasteiger partial charge in [0.2, 0.25) is 0 Å². The first-order valence-electron chi connectivity index (χ1n) is 21.3. The fourth-order valence-electron chi connectivity index (χ4n) is 10.5. The summed E-state index contributed by atoms with van der Waals surface area (Å²) in [4.78, 5) is 72.0.